The molecule has 4 heteroatoms. The molecule has 0 aliphatic rings. The molecule has 1 rings (SSSR count). The highest BCUT2D eigenvalue weighted by atomic mass is 32.1. The Morgan fingerprint density at radius 2 is 2.36 bits per heavy atom. The van der Waals surface area contributed by atoms with Gasteiger partial charge in [0.05, 0.1) is 6.10 Å². The average molecular weight is 214 g/mol. The number of aliphatic hydroxyl groups is 1. The van der Waals surface area contributed by atoms with E-state index >= 15 is 0 Å². The van der Waals surface area contributed by atoms with Crippen LogP contribution in [-0.4, -0.2) is 43.3 Å². The summed E-state index contributed by atoms with van der Waals surface area (Å²) in [5.74, 6) is 0. The van der Waals surface area contributed by atoms with Gasteiger partial charge in [0.25, 0.3) is 0 Å². The smallest absolute Gasteiger partial charge is 0.0791 e. The number of rotatable bonds is 6. The molecule has 1 aromatic heterocycles. The second-order valence-corrected chi connectivity index (χ2v) is 4.66. The lowest BCUT2D eigenvalue weighted by molar-refractivity contribution is 0.134. The van der Waals surface area contributed by atoms with Crippen LogP contribution in [0.5, 0.6) is 0 Å². The van der Waals surface area contributed by atoms with Crippen LogP contribution in [0.4, 0.5) is 0 Å². The largest absolute Gasteiger partial charge is 0.390 e. The fraction of sp³-hybridized carbons (Fsp3) is 0.600. The molecular formula is C10H18N2OS. The molecule has 2 N–H and O–H groups in total. The third-order valence-electron chi connectivity index (χ3n) is 1.84. The standard InChI is InChI=1S/C10H18N2OS/c1-12(2)8-9(13)6-11-7-10-4-3-5-14-10/h3-5,9,11,13H,6-8H2,1-2H3. The van der Waals surface area contributed by atoms with Gasteiger partial charge in [0.1, 0.15) is 0 Å². The molecule has 0 fully saturated rings. The molecule has 0 aliphatic heterocycles. The minimum absolute atomic E-state index is 0.287. The van der Waals surface area contributed by atoms with Crippen molar-refractivity contribution in [3.05, 3.63) is 22.4 Å². The van der Waals surface area contributed by atoms with Crippen LogP contribution in [-0.2, 0) is 6.54 Å². The van der Waals surface area contributed by atoms with Gasteiger partial charge in [-0.3, -0.25) is 0 Å². The van der Waals surface area contributed by atoms with Crippen LogP contribution in [0.3, 0.4) is 0 Å². The van der Waals surface area contributed by atoms with Gasteiger partial charge in [-0.05, 0) is 25.5 Å². The van der Waals surface area contributed by atoms with Crippen LogP contribution < -0.4 is 5.32 Å². The van der Waals surface area contributed by atoms with Gasteiger partial charge in [-0.25, -0.2) is 0 Å². The highest BCUT2D eigenvalue weighted by Crippen LogP contribution is 2.07. The minimum Gasteiger partial charge on any atom is -0.390 e. The Labute approximate surface area is 89.4 Å². The van der Waals surface area contributed by atoms with Crippen LogP contribution in [0.25, 0.3) is 0 Å². The molecule has 3 nitrogen and oxygen atoms in total. The van der Waals surface area contributed by atoms with Gasteiger partial charge in [-0.15, -0.1) is 11.3 Å². The molecule has 0 bridgehead atoms. The van der Waals surface area contributed by atoms with E-state index in [1.165, 1.54) is 4.88 Å². The zero-order chi connectivity index (χ0) is 10.4. The van der Waals surface area contributed by atoms with Crippen molar-refractivity contribution >= 4 is 11.3 Å². The number of thiophene rings is 1. The number of nitrogens with one attached hydrogen (secondary N) is 1. The van der Waals surface area contributed by atoms with Crippen LogP contribution in [0, 0.1) is 0 Å². The van der Waals surface area contributed by atoms with E-state index in [1.54, 1.807) is 11.3 Å². The maximum atomic E-state index is 9.55. The van der Waals surface area contributed by atoms with E-state index in [0.29, 0.717) is 13.1 Å². The number of hydrogen-bond donors (Lipinski definition) is 2. The molecule has 14 heavy (non-hydrogen) atoms. The van der Waals surface area contributed by atoms with Gasteiger partial charge in [-0.1, -0.05) is 6.07 Å². The third kappa shape index (κ3) is 4.72. The number of likely N-dealkylation sites (N-methyl/N-ethyl adjacent to an activating group) is 1. The van der Waals surface area contributed by atoms with Crippen molar-refractivity contribution in [2.24, 2.45) is 0 Å². The highest BCUT2D eigenvalue weighted by Gasteiger charge is 2.04. The van der Waals surface area contributed by atoms with Gasteiger partial charge in [-0.2, -0.15) is 0 Å². The average Bonchev–Trinajstić information content (AvgIpc) is 2.55. The molecule has 80 valence electrons. The van der Waals surface area contributed by atoms with Gasteiger partial charge in [0.15, 0.2) is 0 Å². The molecular weight excluding hydrogens is 196 g/mol. The Morgan fingerprint density at radius 1 is 1.57 bits per heavy atom. The van der Waals surface area contributed by atoms with Crippen LogP contribution in [0.15, 0.2) is 17.5 Å². The quantitative estimate of drug-likeness (QED) is 0.734. The lowest BCUT2D eigenvalue weighted by Gasteiger charge is -2.16. The highest BCUT2D eigenvalue weighted by molar-refractivity contribution is 7.09. The molecule has 1 unspecified atom stereocenters. The minimum atomic E-state index is -0.287. The molecule has 0 radical (unpaired) electrons. The fourth-order valence-corrected chi connectivity index (χ4v) is 1.94. The van der Waals surface area contributed by atoms with E-state index in [1.807, 2.05) is 25.1 Å². The van der Waals surface area contributed by atoms with Crippen molar-refractivity contribution in [2.75, 3.05) is 27.2 Å². The summed E-state index contributed by atoms with van der Waals surface area (Å²) < 4.78 is 0. The Balaban J connectivity index is 2.09. The Kier molecular flexibility index (Phi) is 5.11. The van der Waals surface area contributed by atoms with Crippen molar-refractivity contribution in [1.29, 1.82) is 0 Å². The number of aliphatic hydroxyl groups excluding tert-OH is 1. The van der Waals surface area contributed by atoms with Crippen molar-refractivity contribution in [2.45, 2.75) is 12.6 Å². The topological polar surface area (TPSA) is 35.5 Å². The molecule has 0 saturated heterocycles. The van der Waals surface area contributed by atoms with E-state index in [2.05, 4.69) is 16.8 Å². The maximum absolute atomic E-state index is 9.55. The van der Waals surface area contributed by atoms with E-state index in [-0.39, 0.29) is 6.10 Å². The molecule has 1 aromatic rings. The summed E-state index contributed by atoms with van der Waals surface area (Å²) in [6.45, 7) is 2.20. The summed E-state index contributed by atoms with van der Waals surface area (Å²) in [5, 5.41) is 14.8. The molecule has 0 aromatic carbocycles. The van der Waals surface area contributed by atoms with Crippen molar-refractivity contribution < 1.29 is 5.11 Å². The first-order valence-corrected chi connectivity index (χ1v) is 5.62. The van der Waals surface area contributed by atoms with E-state index in [4.69, 9.17) is 0 Å². The first-order chi connectivity index (χ1) is 6.68. The molecule has 0 aliphatic carbocycles. The normalized spacial score (nSPS) is 13.4. The molecule has 0 saturated carbocycles. The van der Waals surface area contributed by atoms with E-state index < -0.39 is 0 Å². The zero-order valence-electron chi connectivity index (χ0n) is 8.73. The zero-order valence-corrected chi connectivity index (χ0v) is 9.55. The SMILES string of the molecule is CN(C)CC(O)CNCc1cccs1. The summed E-state index contributed by atoms with van der Waals surface area (Å²) >= 11 is 1.73. The number of nitrogens with zero attached hydrogens (tertiary/aromatic N) is 1. The summed E-state index contributed by atoms with van der Waals surface area (Å²) in [6, 6.07) is 4.13. The Bertz CT molecular complexity index is 236. The maximum Gasteiger partial charge on any atom is 0.0791 e. The molecule has 0 amide bonds. The molecule has 1 heterocycles. The first kappa shape index (κ1) is 11.7. The molecule has 0 spiro atoms. The second-order valence-electron chi connectivity index (χ2n) is 3.63. The predicted molar refractivity (Wildman–Crippen MR) is 60.6 cm³/mol. The van der Waals surface area contributed by atoms with E-state index in [9.17, 15) is 5.11 Å². The van der Waals surface area contributed by atoms with Crippen molar-refractivity contribution in [3.63, 3.8) is 0 Å². The summed E-state index contributed by atoms with van der Waals surface area (Å²) in [6.07, 6.45) is -0.287. The second kappa shape index (κ2) is 6.14. The lowest BCUT2D eigenvalue weighted by Crippen LogP contribution is -2.34. The van der Waals surface area contributed by atoms with Gasteiger partial charge in [0, 0.05) is 24.5 Å². The van der Waals surface area contributed by atoms with Crippen molar-refractivity contribution in [1.82, 2.24) is 10.2 Å². The lowest BCUT2D eigenvalue weighted by atomic mass is 10.3. The van der Waals surface area contributed by atoms with Gasteiger partial charge in [0.2, 0.25) is 0 Å². The third-order valence-corrected chi connectivity index (χ3v) is 2.71. The summed E-state index contributed by atoms with van der Waals surface area (Å²) in [7, 11) is 3.92. The van der Waals surface area contributed by atoms with Gasteiger partial charge < -0.3 is 15.3 Å². The summed E-state index contributed by atoms with van der Waals surface area (Å²) in [4.78, 5) is 3.29. The first-order valence-electron chi connectivity index (χ1n) is 4.74. The van der Waals surface area contributed by atoms with Crippen LogP contribution in [0.1, 0.15) is 4.88 Å². The summed E-state index contributed by atoms with van der Waals surface area (Å²) in [5.41, 5.74) is 0. The van der Waals surface area contributed by atoms with Crippen LogP contribution >= 0.6 is 11.3 Å². The molecule has 1 atom stereocenters. The monoisotopic (exact) mass is 214 g/mol. The Hall–Kier alpha value is -0.420. The Morgan fingerprint density at radius 3 is 2.93 bits per heavy atom. The van der Waals surface area contributed by atoms with E-state index in [0.717, 1.165) is 6.54 Å². The van der Waals surface area contributed by atoms with Gasteiger partial charge >= 0.3 is 0 Å². The fourth-order valence-electron chi connectivity index (χ4n) is 1.26. The van der Waals surface area contributed by atoms with Crippen molar-refractivity contribution in [3.8, 4) is 0 Å². The van der Waals surface area contributed by atoms with Crippen LogP contribution in [0.2, 0.25) is 0 Å². The number of hydrogen-bond acceptors (Lipinski definition) is 4. The predicted octanol–water partition coefficient (Wildman–Crippen LogP) is 0.760.